The SMILES string of the molecule is CCC(C)(C)Cn1c(C(C)(C)C)c[nH]c1=S. The summed E-state index contributed by atoms with van der Waals surface area (Å²) < 4.78 is 3.09. The van der Waals surface area contributed by atoms with E-state index >= 15 is 0 Å². The summed E-state index contributed by atoms with van der Waals surface area (Å²) in [7, 11) is 0. The Bertz CT molecular complexity index is 404. The van der Waals surface area contributed by atoms with Crippen LogP contribution in [-0.2, 0) is 12.0 Å². The Labute approximate surface area is 104 Å². The summed E-state index contributed by atoms with van der Waals surface area (Å²) in [5.74, 6) is 0. The van der Waals surface area contributed by atoms with Crippen LogP contribution in [0.2, 0.25) is 0 Å². The molecule has 92 valence electrons. The van der Waals surface area contributed by atoms with E-state index in [2.05, 4.69) is 51.1 Å². The minimum atomic E-state index is 0.136. The van der Waals surface area contributed by atoms with Gasteiger partial charge >= 0.3 is 0 Å². The molecule has 0 aliphatic rings. The molecule has 16 heavy (non-hydrogen) atoms. The standard InChI is InChI=1S/C13H24N2S/c1-7-13(5,6)9-15-10(12(2,3)4)8-14-11(15)16/h8H,7,9H2,1-6H3,(H,14,16). The highest BCUT2D eigenvalue weighted by Crippen LogP contribution is 2.28. The molecule has 0 radical (unpaired) electrons. The van der Waals surface area contributed by atoms with Crippen molar-refractivity contribution < 1.29 is 0 Å². The molecule has 0 unspecified atom stereocenters. The minimum absolute atomic E-state index is 0.136. The fourth-order valence-electron chi connectivity index (χ4n) is 1.71. The monoisotopic (exact) mass is 240 g/mol. The van der Waals surface area contributed by atoms with Crippen molar-refractivity contribution in [3.8, 4) is 0 Å². The Hall–Kier alpha value is -0.570. The second-order valence-electron chi connectivity index (χ2n) is 6.33. The first kappa shape index (κ1) is 13.5. The average molecular weight is 240 g/mol. The first-order chi connectivity index (χ1) is 7.17. The molecule has 0 amide bonds. The van der Waals surface area contributed by atoms with E-state index in [9.17, 15) is 0 Å². The molecule has 1 aromatic heterocycles. The Morgan fingerprint density at radius 2 is 1.81 bits per heavy atom. The van der Waals surface area contributed by atoms with E-state index in [4.69, 9.17) is 12.2 Å². The quantitative estimate of drug-likeness (QED) is 0.782. The van der Waals surface area contributed by atoms with Gasteiger partial charge in [-0.25, -0.2) is 0 Å². The van der Waals surface area contributed by atoms with Crippen LogP contribution in [0, 0.1) is 10.2 Å². The molecule has 1 N–H and O–H groups in total. The van der Waals surface area contributed by atoms with E-state index in [1.54, 1.807) is 0 Å². The van der Waals surface area contributed by atoms with Gasteiger partial charge in [0.1, 0.15) is 0 Å². The summed E-state index contributed by atoms with van der Waals surface area (Å²) in [6, 6.07) is 0. The van der Waals surface area contributed by atoms with Gasteiger partial charge in [0.25, 0.3) is 0 Å². The summed E-state index contributed by atoms with van der Waals surface area (Å²) in [6.07, 6.45) is 3.21. The van der Waals surface area contributed by atoms with Crippen molar-refractivity contribution >= 4 is 12.2 Å². The Morgan fingerprint density at radius 1 is 1.25 bits per heavy atom. The number of H-pyrrole nitrogens is 1. The molecule has 0 aliphatic carbocycles. The molecule has 0 aromatic carbocycles. The zero-order valence-electron chi connectivity index (χ0n) is 11.3. The van der Waals surface area contributed by atoms with Crippen molar-refractivity contribution in [2.45, 2.75) is 59.9 Å². The predicted molar refractivity (Wildman–Crippen MR) is 72.4 cm³/mol. The highest BCUT2D eigenvalue weighted by Gasteiger charge is 2.23. The Balaban J connectivity index is 3.14. The molecule has 0 aliphatic heterocycles. The maximum atomic E-state index is 5.37. The maximum Gasteiger partial charge on any atom is 0.177 e. The van der Waals surface area contributed by atoms with Gasteiger partial charge in [0.2, 0.25) is 0 Å². The van der Waals surface area contributed by atoms with Crippen molar-refractivity contribution in [3.05, 3.63) is 16.7 Å². The molecule has 1 rings (SSSR count). The summed E-state index contributed by atoms with van der Waals surface area (Å²) in [5, 5.41) is 0. The van der Waals surface area contributed by atoms with Crippen LogP contribution in [0.15, 0.2) is 6.20 Å². The van der Waals surface area contributed by atoms with Crippen LogP contribution in [0.25, 0.3) is 0 Å². The molecule has 0 atom stereocenters. The lowest BCUT2D eigenvalue weighted by Crippen LogP contribution is -2.24. The van der Waals surface area contributed by atoms with E-state index in [1.165, 1.54) is 5.69 Å². The second kappa shape index (κ2) is 4.36. The number of nitrogens with zero attached hydrogens (tertiary/aromatic N) is 1. The third-order valence-corrected chi connectivity index (χ3v) is 3.52. The van der Waals surface area contributed by atoms with Crippen molar-refractivity contribution in [2.24, 2.45) is 5.41 Å². The Morgan fingerprint density at radius 3 is 2.25 bits per heavy atom. The first-order valence-corrected chi connectivity index (χ1v) is 6.37. The van der Waals surface area contributed by atoms with Gasteiger partial charge in [-0.05, 0) is 24.1 Å². The number of rotatable bonds is 3. The fourth-order valence-corrected chi connectivity index (χ4v) is 1.94. The van der Waals surface area contributed by atoms with E-state index in [0.717, 1.165) is 17.7 Å². The molecule has 0 saturated carbocycles. The largest absolute Gasteiger partial charge is 0.337 e. The lowest BCUT2D eigenvalue weighted by atomic mass is 9.88. The van der Waals surface area contributed by atoms with Gasteiger partial charge < -0.3 is 9.55 Å². The molecule has 3 heteroatoms. The van der Waals surface area contributed by atoms with Gasteiger partial charge in [-0.3, -0.25) is 0 Å². The van der Waals surface area contributed by atoms with Gasteiger partial charge in [-0.1, -0.05) is 41.5 Å². The van der Waals surface area contributed by atoms with Crippen LogP contribution < -0.4 is 0 Å². The molecule has 0 bridgehead atoms. The molecular formula is C13H24N2S. The van der Waals surface area contributed by atoms with E-state index in [1.807, 2.05) is 6.20 Å². The van der Waals surface area contributed by atoms with Crippen LogP contribution >= 0.6 is 12.2 Å². The lowest BCUT2D eigenvalue weighted by molar-refractivity contribution is 0.283. The first-order valence-electron chi connectivity index (χ1n) is 5.96. The number of hydrogen-bond donors (Lipinski definition) is 1. The van der Waals surface area contributed by atoms with Gasteiger partial charge in [0.15, 0.2) is 4.77 Å². The van der Waals surface area contributed by atoms with Gasteiger partial charge in [-0.15, -0.1) is 0 Å². The molecular weight excluding hydrogens is 216 g/mol. The average Bonchev–Trinajstić information content (AvgIpc) is 2.47. The van der Waals surface area contributed by atoms with Crippen LogP contribution in [0.3, 0.4) is 0 Å². The smallest absolute Gasteiger partial charge is 0.177 e. The third-order valence-electron chi connectivity index (χ3n) is 3.18. The van der Waals surface area contributed by atoms with Gasteiger partial charge in [0, 0.05) is 23.9 Å². The molecule has 0 spiro atoms. The molecule has 0 saturated heterocycles. The highest BCUT2D eigenvalue weighted by atomic mass is 32.1. The molecule has 0 fully saturated rings. The van der Waals surface area contributed by atoms with Gasteiger partial charge in [0.05, 0.1) is 0 Å². The predicted octanol–water partition coefficient (Wildman–Crippen LogP) is 4.28. The summed E-state index contributed by atoms with van der Waals surface area (Å²) in [4.78, 5) is 3.17. The van der Waals surface area contributed by atoms with Crippen LogP contribution in [0.5, 0.6) is 0 Å². The van der Waals surface area contributed by atoms with E-state index < -0.39 is 0 Å². The van der Waals surface area contributed by atoms with Crippen LogP contribution in [0.1, 0.15) is 53.7 Å². The number of imidazole rings is 1. The summed E-state index contributed by atoms with van der Waals surface area (Å²) in [5.41, 5.74) is 1.72. The fraction of sp³-hybridized carbons (Fsp3) is 0.769. The van der Waals surface area contributed by atoms with Gasteiger partial charge in [-0.2, -0.15) is 0 Å². The molecule has 2 nitrogen and oxygen atoms in total. The zero-order valence-corrected chi connectivity index (χ0v) is 12.2. The second-order valence-corrected chi connectivity index (χ2v) is 6.72. The van der Waals surface area contributed by atoms with E-state index in [0.29, 0.717) is 5.41 Å². The van der Waals surface area contributed by atoms with Crippen LogP contribution in [-0.4, -0.2) is 9.55 Å². The summed E-state index contributed by atoms with van der Waals surface area (Å²) >= 11 is 5.37. The lowest BCUT2D eigenvalue weighted by Gasteiger charge is -2.27. The molecule has 1 aromatic rings. The van der Waals surface area contributed by atoms with Crippen molar-refractivity contribution in [1.82, 2.24) is 9.55 Å². The zero-order chi connectivity index (χ0) is 12.6. The van der Waals surface area contributed by atoms with Crippen LogP contribution in [0.4, 0.5) is 0 Å². The number of aromatic nitrogens is 2. The summed E-state index contributed by atoms with van der Waals surface area (Å²) in [6.45, 7) is 14.5. The van der Waals surface area contributed by atoms with E-state index in [-0.39, 0.29) is 5.41 Å². The number of hydrogen-bond acceptors (Lipinski definition) is 1. The maximum absolute atomic E-state index is 5.37. The topological polar surface area (TPSA) is 20.7 Å². The Kier molecular flexibility index (Phi) is 3.68. The minimum Gasteiger partial charge on any atom is -0.337 e. The number of aromatic amines is 1. The van der Waals surface area contributed by atoms with Crippen molar-refractivity contribution in [1.29, 1.82) is 0 Å². The third kappa shape index (κ3) is 2.97. The van der Waals surface area contributed by atoms with Crippen molar-refractivity contribution in [3.63, 3.8) is 0 Å². The van der Waals surface area contributed by atoms with Crippen molar-refractivity contribution in [2.75, 3.05) is 0 Å². The molecule has 1 heterocycles. The number of nitrogens with one attached hydrogen (secondary N) is 1. The normalized spacial score (nSPS) is 13.1. The highest BCUT2D eigenvalue weighted by molar-refractivity contribution is 7.71.